The average Bonchev–Trinajstić information content (AvgIpc) is 2.79. The second-order valence-corrected chi connectivity index (χ2v) is 7.53. The number of rotatable bonds is 4. The van der Waals surface area contributed by atoms with E-state index in [9.17, 15) is 9.59 Å². The Morgan fingerprint density at radius 2 is 1.70 bits per heavy atom. The van der Waals surface area contributed by atoms with Crippen LogP contribution in [-0.2, 0) is 4.79 Å². The number of thiophene rings is 1. The van der Waals surface area contributed by atoms with Gasteiger partial charge in [-0.3, -0.25) is 9.59 Å². The number of benzene rings is 1. The molecular formula is C16H16Cl2N2O2S. The van der Waals surface area contributed by atoms with E-state index in [4.69, 9.17) is 23.2 Å². The normalized spacial score (nSPS) is 10.5. The van der Waals surface area contributed by atoms with Gasteiger partial charge in [0.05, 0.1) is 16.4 Å². The highest BCUT2D eigenvalue weighted by Gasteiger charge is 2.15. The molecule has 1 aromatic carbocycles. The summed E-state index contributed by atoms with van der Waals surface area (Å²) in [5.74, 6) is -0.725. The summed E-state index contributed by atoms with van der Waals surface area (Å²) in [4.78, 5) is 24.0. The molecule has 2 N–H and O–H groups in total. The minimum atomic E-state index is -0.425. The maximum absolute atomic E-state index is 12.0. The van der Waals surface area contributed by atoms with E-state index in [2.05, 4.69) is 10.6 Å². The number of carbonyl (C=O) groups is 2. The Morgan fingerprint density at radius 3 is 2.22 bits per heavy atom. The number of halogens is 2. The smallest absolute Gasteiger partial charge is 0.254 e. The number of hydrogen-bond donors (Lipinski definition) is 2. The predicted octanol–water partition coefficient (Wildman–Crippen LogP) is 4.35. The summed E-state index contributed by atoms with van der Waals surface area (Å²) in [6.45, 7) is 5.72. The number of nitrogens with one attached hydrogen (secondary N) is 2. The molecule has 23 heavy (non-hydrogen) atoms. The summed E-state index contributed by atoms with van der Waals surface area (Å²) >= 11 is 12.8. The van der Waals surface area contributed by atoms with Crippen LogP contribution in [0, 0.1) is 20.8 Å². The van der Waals surface area contributed by atoms with Gasteiger partial charge in [0, 0.05) is 5.69 Å². The minimum Gasteiger partial charge on any atom is -0.343 e. The Morgan fingerprint density at radius 1 is 1.09 bits per heavy atom. The Balaban J connectivity index is 1.98. The van der Waals surface area contributed by atoms with Crippen molar-refractivity contribution in [2.24, 2.45) is 0 Å². The van der Waals surface area contributed by atoms with Crippen LogP contribution in [0.1, 0.15) is 27.0 Å². The van der Waals surface area contributed by atoms with Crippen molar-refractivity contribution in [2.75, 3.05) is 11.9 Å². The minimum absolute atomic E-state index is 0.143. The van der Waals surface area contributed by atoms with Crippen LogP contribution >= 0.6 is 34.5 Å². The lowest BCUT2D eigenvalue weighted by Crippen LogP contribution is -2.33. The predicted molar refractivity (Wildman–Crippen MR) is 96.0 cm³/mol. The second kappa shape index (κ2) is 7.34. The van der Waals surface area contributed by atoms with Crippen molar-refractivity contribution >= 4 is 52.0 Å². The zero-order valence-corrected chi connectivity index (χ0v) is 15.2. The van der Waals surface area contributed by atoms with Crippen LogP contribution in [0.25, 0.3) is 0 Å². The number of hydrogen-bond acceptors (Lipinski definition) is 3. The first-order valence-electron chi connectivity index (χ1n) is 6.88. The highest BCUT2D eigenvalue weighted by Crippen LogP contribution is 2.30. The third kappa shape index (κ3) is 4.47. The lowest BCUT2D eigenvalue weighted by Gasteiger charge is -2.13. The van der Waals surface area contributed by atoms with Gasteiger partial charge in [0.25, 0.3) is 5.91 Å². The van der Waals surface area contributed by atoms with Crippen LogP contribution < -0.4 is 10.6 Å². The molecule has 2 aromatic rings. The van der Waals surface area contributed by atoms with E-state index >= 15 is 0 Å². The molecular weight excluding hydrogens is 355 g/mol. The number of amides is 2. The molecule has 0 fully saturated rings. The molecule has 0 saturated heterocycles. The molecule has 2 rings (SSSR count). The van der Waals surface area contributed by atoms with Gasteiger partial charge in [0.15, 0.2) is 0 Å². The standard InChI is InChI=1S/C16H16Cl2N2O2S/c1-8-4-9(2)14(10(3)5-8)20-13(21)7-19-16(22)11-6-12(17)23-15(11)18/h4-6H,7H2,1-3H3,(H,19,22)(H,20,21). The fraction of sp³-hybridized carbons (Fsp3) is 0.250. The van der Waals surface area contributed by atoms with E-state index in [-0.39, 0.29) is 18.0 Å². The van der Waals surface area contributed by atoms with E-state index < -0.39 is 5.91 Å². The van der Waals surface area contributed by atoms with Crippen LogP contribution in [0.2, 0.25) is 8.67 Å². The van der Waals surface area contributed by atoms with Gasteiger partial charge in [-0.1, -0.05) is 40.9 Å². The van der Waals surface area contributed by atoms with E-state index in [0.717, 1.165) is 33.7 Å². The maximum atomic E-state index is 12.0. The molecule has 0 aliphatic rings. The molecule has 0 unspecified atom stereocenters. The van der Waals surface area contributed by atoms with Gasteiger partial charge in [-0.2, -0.15) is 0 Å². The van der Waals surface area contributed by atoms with Crippen molar-refractivity contribution in [3.8, 4) is 0 Å². The van der Waals surface area contributed by atoms with E-state index in [0.29, 0.717) is 8.67 Å². The first kappa shape index (κ1) is 17.8. The summed E-state index contributed by atoms with van der Waals surface area (Å²) in [5, 5.41) is 5.36. The van der Waals surface area contributed by atoms with Gasteiger partial charge >= 0.3 is 0 Å². The first-order chi connectivity index (χ1) is 10.8. The van der Waals surface area contributed by atoms with Crippen molar-refractivity contribution < 1.29 is 9.59 Å². The molecule has 0 saturated carbocycles. The molecule has 4 nitrogen and oxygen atoms in total. The molecule has 1 heterocycles. The molecule has 1 aromatic heterocycles. The summed E-state index contributed by atoms with van der Waals surface area (Å²) in [7, 11) is 0. The summed E-state index contributed by atoms with van der Waals surface area (Å²) < 4.78 is 0.730. The number of aryl methyl sites for hydroxylation is 3. The van der Waals surface area contributed by atoms with E-state index in [1.54, 1.807) is 0 Å². The van der Waals surface area contributed by atoms with Crippen LogP contribution in [-0.4, -0.2) is 18.4 Å². The largest absolute Gasteiger partial charge is 0.343 e. The number of anilines is 1. The van der Waals surface area contributed by atoms with Gasteiger partial charge in [0.1, 0.15) is 4.34 Å². The Bertz CT molecular complexity index is 748. The molecule has 0 aliphatic carbocycles. The van der Waals surface area contributed by atoms with Gasteiger partial charge in [-0.15, -0.1) is 11.3 Å². The molecule has 0 aliphatic heterocycles. The first-order valence-corrected chi connectivity index (χ1v) is 8.46. The third-order valence-corrected chi connectivity index (χ3v) is 4.74. The topological polar surface area (TPSA) is 58.2 Å². The van der Waals surface area contributed by atoms with Crippen LogP contribution in [0.3, 0.4) is 0 Å². The quantitative estimate of drug-likeness (QED) is 0.840. The number of carbonyl (C=O) groups excluding carboxylic acids is 2. The van der Waals surface area contributed by atoms with E-state index in [1.807, 2.05) is 32.9 Å². The molecule has 122 valence electrons. The van der Waals surface area contributed by atoms with Crippen molar-refractivity contribution in [1.29, 1.82) is 0 Å². The summed E-state index contributed by atoms with van der Waals surface area (Å²) in [6, 6.07) is 5.47. The Labute approximate surface area is 148 Å². The van der Waals surface area contributed by atoms with E-state index in [1.165, 1.54) is 6.07 Å². The molecule has 2 amide bonds. The van der Waals surface area contributed by atoms with Crippen molar-refractivity contribution in [2.45, 2.75) is 20.8 Å². The van der Waals surface area contributed by atoms with Crippen molar-refractivity contribution in [1.82, 2.24) is 5.32 Å². The lowest BCUT2D eigenvalue weighted by molar-refractivity contribution is -0.115. The fourth-order valence-corrected chi connectivity index (χ4v) is 3.77. The third-order valence-electron chi connectivity index (χ3n) is 3.25. The van der Waals surface area contributed by atoms with Gasteiger partial charge in [-0.05, 0) is 38.0 Å². The second-order valence-electron chi connectivity index (χ2n) is 5.24. The molecule has 0 spiro atoms. The SMILES string of the molecule is Cc1cc(C)c(NC(=O)CNC(=O)c2cc(Cl)sc2Cl)c(C)c1. The Kier molecular flexibility index (Phi) is 5.68. The van der Waals surface area contributed by atoms with Crippen molar-refractivity contribution in [3.05, 3.63) is 49.1 Å². The van der Waals surface area contributed by atoms with Gasteiger partial charge in [-0.25, -0.2) is 0 Å². The molecule has 0 radical (unpaired) electrons. The highest BCUT2D eigenvalue weighted by atomic mass is 35.5. The van der Waals surface area contributed by atoms with Gasteiger partial charge < -0.3 is 10.6 Å². The van der Waals surface area contributed by atoms with Crippen LogP contribution in [0.5, 0.6) is 0 Å². The van der Waals surface area contributed by atoms with Crippen molar-refractivity contribution in [3.63, 3.8) is 0 Å². The Hall–Kier alpha value is -1.56. The molecule has 0 bridgehead atoms. The molecule has 0 atom stereocenters. The van der Waals surface area contributed by atoms with Crippen LogP contribution in [0.15, 0.2) is 18.2 Å². The molecule has 7 heteroatoms. The summed E-state index contributed by atoms with van der Waals surface area (Å²) in [5.41, 5.74) is 4.14. The monoisotopic (exact) mass is 370 g/mol. The lowest BCUT2D eigenvalue weighted by atomic mass is 10.1. The summed E-state index contributed by atoms with van der Waals surface area (Å²) in [6.07, 6.45) is 0. The zero-order chi connectivity index (χ0) is 17.1. The zero-order valence-electron chi connectivity index (χ0n) is 12.9. The fourth-order valence-electron chi connectivity index (χ4n) is 2.31. The van der Waals surface area contributed by atoms with Crippen LogP contribution in [0.4, 0.5) is 5.69 Å². The average molecular weight is 371 g/mol. The highest BCUT2D eigenvalue weighted by molar-refractivity contribution is 7.20. The van der Waals surface area contributed by atoms with Gasteiger partial charge in [0.2, 0.25) is 5.91 Å². The maximum Gasteiger partial charge on any atom is 0.254 e.